The van der Waals surface area contributed by atoms with Crippen molar-refractivity contribution in [1.82, 2.24) is 0 Å². The van der Waals surface area contributed by atoms with E-state index in [-0.39, 0.29) is 11.3 Å². The Morgan fingerprint density at radius 1 is 1.47 bits per heavy atom. The highest BCUT2D eigenvalue weighted by molar-refractivity contribution is 5.93. The van der Waals surface area contributed by atoms with Gasteiger partial charge in [0.15, 0.2) is 0 Å². The van der Waals surface area contributed by atoms with Crippen LogP contribution in [0.1, 0.15) is 23.7 Å². The van der Waals surface area contributed by atoms with Crippen LogP contribution < -0.4 is 4.90 Å². The van der Waals surface area contributed by atoms with Crippen LogP contribution in [0.5, 0.6) is 0 Å². The second kappa shape index (κ2) is 5.09. The Bertz CT molecular complexity index is 566. The molecule has 0 atom stereocenters. The van der Waals surface area contributed by atoms with Crippen LogP contribution in [0.3, 0.4) is 0 Å². The molecule has 6 nitrogen and oxygen atoms in total. The van der Waals surface area contributed by atoms with Gasteiger partial charge >= 0.3 is 5.97 Å². The fourth-order valence-electron chi connectivity index (χ4n) is 2.05. The highest BCUT2D eigenvalue weighted by Gasteiger charge is 2.22. The van der Waals surface area contributed by atoms with Gasteiger partial charge in [-0.05, 0) is 25.5 Å². The van der Waals surface area contributed by atoms with Gasteiger partial charge in [-0.2, -0.15) is 0 Å². The first-order valence-electron chi connectivity index (χ1n) is 5.91. The van der Waals surface area contributed by atoms with E-state index in [0.717, 1.165) is 13.0 Å². The number of hydrogen-bond acceptors (Lipinski definition) is 4. The number of rotatable bonds is 3. The summed E-state index contributed by atoms with van der Waals surface area (Å²) in [4.78, 5) is 23.2. The van der Waals surface area contributed by atoms with Crippen LogP contribution in [0.4, 0.5) is 11.4 Å². The molecule has 0 radical (unpaired) electrons. The fourth-order valence-corrected chi connectivity index (χ4v) is 2.05. The molecule has 19 heavy (non-hydrogen) atoms. The number of nitro benzene ring substituents is 1. The summed E-state index contributed by atoms with van der Waals surface area (Å²) in [6.45, 7) is 3.52. The molecule has 0 aromatic heterocycles. The molecular weight excluding hydrogens is 248 g/mol. The SMILES string of the molecule is CC1=CCN(c2ccc(C(=O)O)c([N+](=O)[O-])c2)CC1. The van der Waals surface area contributed by atoms with Gasteiger partial charge < -0.3 is 10.0 Å². The van der Waals surface area contributed by atoms with Crippen molar-refractivity contribution in [3.63, 3.8) is 0 Å². The molecule has 0 amide bonds. The third-order valence-corrected chi connectivity index (χ3v) is 3.21. The number of nitrogens with zero attached hydrogens (tertiary/aromatic N) is 2. The number of nitro groups is 1. The Balaban J connectivity index is 2.36. The monoisotopic (exact) mass is 262 g/mol. The van der Waals surface area contributed by atoms with Gasteiger partial charge in [-0.1, -0.05) is 11.6 Å². The molecule has 0 fully saturated rings. The number of carboxylic acid groups (broad SMARTS) is 1. The number of carbonyl (C=O) groups is 1. The van der Waals surface area contributed by atoms with Crippen molar-refractivity contribution in [2.45, 2.75) is 13.3 Å². The molecule has 1 aromatic rings. The molecule has 1 aromatic carbocycles. The molecule has 0 unspecified atom stereocenters. The summed E-state index contributed by atoms with van der Waals surface area (Å²) in [7, 11) is 0. The number of anilines is 1. The van der Waals surface area contributed by atoms with Gasteiger partial charge in [0.05, 0.1) is 4.92 Å². The minimum Gasteiger partial charge on any atom is -0.477 e. The molecule has 1 aliphatic rings. The smallest absolute Gasteiger partial charge is 0.342 e. The third-order valence-electron chi connectivity index (χ3n) is 3.21. The highest BCUT2D eigenvalue weighted by atomic mass is 16.6. The Hall–Kier alpha value is -2.37. The van der Waals surface area contributed by atoms with Gasteiger partial charge in [-0.15, -0.1) is 0 Å². The lowest BCUT2D eigenvalue weighted by Crippen LogP contribution is -2.28. The van der Waals surface area contributed by atoms with Gasteiger partial charge in [0.25, 0.3) is 5.69 Å². The second-order valence-corrected chi connectivity index (χ2v) is 4.51. The van der Waals surface area contributed by atoms with Gasteiger partial charge in [-0.3, -0.25) is 10.1 Å². The summed E-state index contributed by atoms with van der Waals surface area (Å²) in [5.74, 6) is -1.28. The summed E-state index contributed by atoms with van der Waals surface area (Å²) < 4.78 is 0. The third kappa shape index (κ3) is 2.73. The lowest BCUT2D eigenvalue weighted by atomic mass is 10.1. The Morgan fingerprint density at radius 3 is 2.74 bits per heavy atom. The summed E-state index contributed by atoms with van der Waals surface area (Å²) in [5, 5.41) is 19.8. The van der Waals surface area contributed by atoms with Crippen molar-refractivity contribution in [3.8, 4) is 0 Å². The Kier molecular flexibility index (Phi) is 3.50. The summed E-state index contributed by atoms with van der Waals surface area (Å²) in [6, 6.07) is 4.24. The quantitative estimate of drug-likeness (QED) is 0.514. The van der Waals surface area contributed by atoms with Crippen molar-refractivity contribution in [2.75, 3.05) is 18.0 Å². The maximum atomic E-state index is 10.9. The number of hydrogen-bond donors (Lipinski definition) is 1. The van der Waals surface area contributed by atoms with Crippen LogP contribution in [0.15, 0.2) is 29.8 Å². The predicted molar refractivity (Wildman–Crippen MR) is 70.6 cm³/mol. The van der Waals surface area contributed by atoms with Crippen LogP contribution in [-0.2, 0) is 0 Å². The lowest BCUT2D eigenvalue weighted by molar-refractivity contribution is -0.385. The van der Waals surface area contributed by atoms with Crippen LogP contribution in [0.2, 0.25) is 0 Å². The first-order valence-corrected chi connectivity index (χ1v) is 5.91. The molecule has 6 heteroatoms. The first kappa shape index (κ1) is 13.1. The number of carboxylic acids is 1. The van der Waals surface area contributed by atoms with E-state index in [1.807, 2.05) is 11.8 Å². The molecule has 0 aliphatic carbocycles. The maximum Gasteiger partial charge on any atom is 0.342 e. The molecule has 0 saturated heterocycles. The number of benzene rings is 1. The van der Waals surface area contributed by atoms with Gasteiger partial charge in [0.2, 0.25) is 0 Å². The van der Waals surface area contributed by atoms with E-state index < -0.39 is 10.9 Å². The van der Waals surface area contributed by atoms with Crippen LogP contribution in [0.25, 0.3) is 0 Å². The Labute approximate surface area is 110 Å². The molecule has 0 spiro atoms. The Morgan fingerprint density at radius 2 is 2.21 bits per heavy atom. The molecule has 1 aliphatic heterocycles. The zero-order valence-electron chi connectivity index (χ0n) is 10.5. The zero-order valence-corrected chi connectivity index (χ0v) is 10.5. The molecule has 100 valence electrons. The van der Waals surface area contributed by atoms with E-state index in [9.17, 15) is 14.9 Å². The topological polar surface area (TPSA) is 83.7 Å². The van der Waals surface area contributed by atoms with Crippen molar-refractivity contribution < 1.29 is 14.8 Å². The average Bonchev–Trinajstić information content (AvgIpc) is 2.38. The molecule has 1 heterocycles. The van der Waals surface area contributed by atoms with E-state index in [1.54, 1.807) is 6.07 Å². The predicted octanol–water partition coefficient (Wildman–Crippen LogP) is 2.45. The van der Waals surface area contributed by atoms with Crippen molar-refractivity contribution in [3.05, 3.63) is 45.5 Å². The summed E-state index contributed by atoms with van der Waals surface area (Å²) in [5.41, 5.74) is 1.34. The minimum atomic E-state index is -1.28. The average molecular weight is 262 g/mol. The molecule has 0 bridgehead atoms. The second-order valence-electron chi connectivity index (χ2n) is 4.51. The fraction of sp³-hybridized carbons (Fsp3) is 0.308. The first-order chi connectivity index (χ1) is 8.99. The largest absolute Gasteiger partial charge is 0.477 e. The van der Waals surface area contributed by atoms with Crippen LogP contribution in [0, 0.1) is 10.1 Å². The standard InChI is InChI=1S/C13H14N2O4/c1-9-4-6-14(7-5-9)10-2-3-11(13(16)17)12(8-10)15(18)19/h2-4,8H,5-7H2,1H3,(H,16,17). The molecule has 2 rings (SSSR count). The maximum absolute atomic E-state index is 10.9. The van der Waals surface area contributed by atoms with Gasteiger partial charge in [0, 0.05) is 24.8 Å². The van der Waals surface area contributed by atoms with E-state index >= 15 is 0 Å². The minimum absolute atomic E-state index is 0.280. The van der Waals surface area contributed by atoms with E-state index in [1.165, 1.54) is 17.7 Å². The summed E-state index contributed by atoms with van der Waals surface area (Å²) in [6.07, 6.45) is 2.98. The normalized spacial score (nSPS) is 15.0. The highest BCUT2D eigenvalue weighted by Crippen LogP contribution is 2.27. The van der Waals surface area contributed by atoms with E-state index in [4.69, 9.17) is 5.11 Å². The zero-order chi connectivity index (χ0) is 14.0. The van der Waals surface area contributed by atoms with Crippen molar-refractivity contribution in [1.29, 1.82) is 0 Å². The van der Waals surface area contributed by atoms with Crippen LogP contribution in [-0.4, -0.2) is 29.1 Å². The van der Waals surface area contributed by atoms with Crippen molar-refractivity contribution in [2.24, 2.45) is 0 Å². The van der Waals surface area contributed by atoms with Crippen LogP contribution >= 0.6 is 0 Å². The lowest BCUT2D eigenvalue weighted by Gasteiger charge is -2.27. The van der Waals surface area contributed by atoms with E-state index in [0.29, 0.717) is 12.2 Å². The molecular formula is C13H14N2O4. The van der Waals surface area contributed by atoms with E-state index in [2.05, 4.69) is 6.08 Å². The van der Waals surface area contributed by atoms with Gasteiger partial charge in [0.1, 0.15) is 5.56 Å². The summed E-state index contributed by atoms with van der Waals surface area (Å²) >= 11 is 0. The number of aromatic carboxylic acids is 1. The van der Waals surface area contributed by atoms with Crippen molar-refractivity contribution >= 4 is 17.3 Å². The van der Waals surface area contributed by atoms with Gasteiger partial charge in [-0.25, -0.2) is 4.79 Å². The molecule has 1 N–H and O–H groups in total. The molecule has 0 saturated carbocycles.